The van der Waals surface area contributed by atoms with Crippen molar-refractivity contribution in [2.45, 2.75) is 10.4 Å². The lowest BCUT2D eigenvalue weighted by atomic mass is 9.91. The molecule has 0 spiro atoms. The maximum Gasteiger partial charge on any atom is 0.266 e. The third kappa shape index (κ3) is 2.43. The molecule has 114 valence electrons. The number of amides is 1. The second kappa shape index (κ2) is 5.65. The van der Waals surface area contributed by atoms with Gasteiger partial charge in [0.15, 0.2) is 0 Å². The third-order valence-electron chi connectivity index (χ3n) is 3.64. The van der Waals surface area contributed by atoms with Crippen LogP contribution < -0.4 is 9.64 Å². The Kier molecular flexibility index (Phi) is 3.98. The Bertz CT molecular complexity index is 698. The molecule has 0 saturated carbocycles. The number of anilines is 1. The van der Waals surface area contributed by atoms with Crippen molar-refractivity contribution >= 4 is 46.4 Å². The number of benzene rings is 2. The van der Waals surface area contributed by atoms with Crippen LogP contribution in [0.1, 0.15) is 11.6 Å². The average Bonchev–Trinajstić information content (AvgIpc) is 2.53. The van der Waals surface area contributed by atoms with Crippen LogP contribution in [0.25, 0.3) is 0 Å². The van der Waals surface area contributed by atoms with Crippen molar-refractivity contribution in [1.29, 1.82) is 0 Å². The van der Waals surface area contributed by atoms with E-state index in [0.29, 0.717) is 10.7 Å². The smallest absolute Gasteiger partial charge is 0.266 e. The summed E-state index contributed by atoms with van der Waals surface area (Å²) in [6, 6.07) is 13.8. The molecule has 0 unspecified atom stereocenters. The summed E-state index contributed by atoms with van der Waals surface area (Å²) in [5.74, 6) is 0.376. The maximum atomic E-state index is 12.3. The fourth-order valence-corrected chi connectivity index (χ4v) is 3.26. The van der Waals surface area contributed by atoms with E-state index >= 15 is 0 Å². The number of carbonyl (C=O) groups is 1. The fraction of sp³-hybridized carbons (Fsp3) is 0.188. The van der Waals surface area contributed by atoms with Crippen molar-refractivity contribution in [1.82, 2.24) is 0 Å². The highest BCUT2D eigenvalue weighted by molar-refractivity contribution is 6.62. The predicted molar refractivity (Wildman–Crippen MR) is 89.1 cm³/mol. The van der Waals surface area contributed by atoms with Gasteiger partial charge in [0.1, 0.15) is 11.8 Å². The molecule has 1 atom stereocenters. The van der Waals surface area contributed by atoms with Gasteiger partial charge in [0.05, 0.1) is 7.11 Å². The molecule has 3 rings (SSSR count). The van der Waals surface area contributed by atoms with Gasteiger partial charge in [-0.3, -0.25) is 9.69 Å². The molecule has 1 aliphatic rings. The van der Waals surface area contributed by atoms with Crippen LogP contribution in [-0.4, -0.2) is 17.4 Å². The first-order chi connectivity index (χ1) is 10.4. The molecule has 3 nitrogen and oxygen atoms in total. The number of hydrogen-bond acceptors (Lipinski definition) is 2. The zero-order chi connectivity index (χ0) is 15.9. The van der Waals surface area contributed by atoms with Gasteiger partial charge < -0.3 is 4.74 Å². The highest BCUT2D eigenvalue weighted by atomic mass is 35.5. The summed E-state index contributed by atoms with van der Waals surface area (Å²) in [4.78, 5) is 13.8. The van der Waals surface area contributed by atoms with Gasteiger partial charge >= 0.3 is 0 Å². The van der Waals surface area contributed by atoms with Gasteiger partial charge in [-0.05, 0) is 42.0 Å². The standard InChI is InChI=1S/C16H12Cl3NO2/c1-22-13-8-2-10(3-9-13)14-16(18,19)15(21)20(14)12-6-4-11(17)5-7-12/h2-9,14H,1H3/t14-/m1/s1. The Morgan fingerprint density at radius 2 is 1.64 bits per heavy atom. The van der Waals surface area contributed by atoms with Gasteiger partial charge in [-0.2, -0.15) is 0 Å². The van der Waals surface area contributed by atoms with Crippen molar-refractivity contribution < 1.29 is 9.53 Å². The average molecular weight is 357 g/mol. The zero-order valence-corrected chi connectivity index (χ0v) is 13.9. The molecule has 6 heteroatoms. The number of halogens is 3. The number of rotatable bonds is 3. The number of ether oxygens (including phenoxy) is 1. The number of hydrogen-bond donors (Lipinski definition) is 0. The van der Waals surface area contributed by atoms with Gasteiger partial charge in [-0.1, -0.05) is 46.9 Å². The molecule has 1 aliphatic heterocycles. The summed E-state index contributed by atoms with van der Waals surface area (Å²) in [6.07, 6.45) is 0. The first-order valence-corrected chi connectivity index (χ1v) is 7.69. The Balaban J connectivity index is 1.98. The lowest BCUT2D eigenvalue weighted by Crippen LogP contribution is -2.62. The van der Waals surface area contributed by atoms with E-state index in [1.807, 2.05) is 24.3 Å². The van der Waals surface area contributed by atoms with Crippen molar-refractivity contribution in [2.24, 2.45) is 0 Å². The van der Waals surface area contributed by atoms with E-state index in [1.54, 1.807) is 36.3 Å². The molecule has 0 N–H and O–H groups in total. The number of nitrogens with zero attached hydrogens (tertiary/aromatic N) is 1. The van der Waals surface area contributed by atoms with Crippen LogP contribution in [0.2, 0.25) is 5.02 Å². The van der Waals surface area contributed by atoms with Crippen LogP contribution in [0.15, 0.2) is 48.5 Å². The molecule has 1 amide bonds. The monoisotopic (exact) mass is 355 g/mol. The normalized spacial score (nSPS) is 19.7. The topological polar surface area (TPSA) is 29.5 Å². The second-order valence-electron chi connectivity index (χ2n) is 4.95. The Morgan fingerprint density at radius 3 is 2.18 bits per heavy atom. The molecule has 2 aromatic rings. The van der Waals surface area contributed by atoms with Gasteiger partial charge in [-0.15, -0.1) is 0 Å². The summed E-state index contributed by atoms with van der Waals surface area (Å²) < 4.78 is 3.66. The largest absolute Gasteiger partial charge is 0.497 e. The predicted octanol–water partition coefficient (Wildman–Crippen LogP) is 4.61. The van der Waals surface area contributed by atoms with Crippen molar-refractivity contribution in [3.8, 4) is 5.75 Å². The maximum absolute atomic E-state index is 12.3. The minimum absolute atomic E-state index is 0.348. The van der Waals surface area contributed by atoms with Crippen LogP contribution in [0.3, 0.4) is 0 Å². The number of methoxy groups -OCH3 is 1. The van der Waals surface area contributed by atoms with E-state index in [1.165, 1.54) is 0 Å². The Labute approximate surface area is 143 Å². The lowest BCUT2D eigenvalue weighted by Gasteiger charge is -2.49. The van der Waals surface area contributed by atoms with Crippen LogP contribution in [0, 0.1) is 0 Å². The first kappa shape index (κ1) is 15.5. The van der Waals surface area contributed by atoms with Gasteiger partial charge in [0, 0.05) is 10.7 Å². The van der Waals surface area contributed by atoms with Crippen LogP contribution >= 0.6 is 34.8 Å². The third-order valence-corrected chi connectivity index (χ3v) is 4.63. The number of alkyl halides is 2. The van der Waals surface area contributed by atoms with E-state index in [4.69, 9.17) is 39.5 Å². The molecule has 1 fully saturated rings. The van der Waals surface area contributed by atoms with Crippen molar-refractivity contribution in [2.75, 3.05) is 12.0 Å². The molecule has 0 radical (unpaired) electrons. The zero-order valence-electron chi connectivity index (χ0n) is 11.6. The number of carbonyl (C=O) groups excluding carboxylic acids is 1. The van der Waals surface area contributed by atoms with Crippen LogP contribution in [-0.2, 0) is 4.79 Å². The molecular formula is C16H12Cl3NO2. The molecule has 1 saturated heterocycles. The molecule has 0 bridgehead atoms. The number of β-lactam (4-membered cyclic amide) rings is 1. The van der Waals surface area contributed by atoms with E-state index in [-0.39, 0.29) is 5.91 Å². The van der Waals surface area contributed by atoms with Crippen LogP contribution in [0.5, 0.6) is 5.75 Å². The minimum Gasteiger partial charge on any atom is -0.497 e. The SMILES string of the molecule is COc1ccc([C@H]2N(c3ccc(Cl)cc3)C(=O)C2(Cl)Cl)cc1. The minimum atomic E-state index is -1.48. The summed E-state index contributed by atoms with van der Waals surface area (Å²) in [6.45, 7) is 0. The second-order valence-corrected chi connectivity index (χ2v) is 6.77. The molecule has 22 heavy (non-hydrogen) atoms. The highest BCUT2D eigenvalue weighted by Gasteiger charge is 2.60. The quantitative estimate of drug-likeness (QED) is 0.593. The molecule has 0 aromatic heterocycles. The lowest BCUT2D eigenvalue weighted by molar-refractivity contribution is -0.125. The van der Waals surface area contributed by atoms with Gasteiger partial charge in [0.25, 0.3) is 5.91 Å². The summed E-state index contributed by atoms with van der Waals surface area (Å²) >= 11 is 18.3. The van der Waals surface area contributed by atoms with E-state index in [9.17, 15) is 4.79 Å². The van der Waals surface area contributed by atoms with Crippen LogP contribution in [0.4, 0.5) is 5.69 Å². The fourth-order valence-electron chi connectivity index (χ4n) is 2.50. The summed E-state index contributed by atoms with van der Waals surface area (Å²) in [5, 5.41) is 0.598. The summed E-state index contributed by atoms with van der Waals surface area (Å²) in [7, 11) is 1.59. The highest BCUT2D eigenvalue weighted by Crippen LogP contribution is 2.52. The van der Waals surface area contributed by atoms with E-state index in [2.05, 4.69) is 0 Å². The van der Waals surface area contributed by atoms with Gasteiger partial charge in [-0.25, -0.2) is 0 Å². The molecular weight excluding hydrogens is 345 g/mol. The Hall–Kier alpha value is -1.42. The van der Waals surface area contributed by atoms with Crippen molar-refractivity contribution in [3.63, 3.8) is 0 Å². The first-order valence-electron chi connectivity index (χ1n) is 6.56. The van der Waals surface area contributed by atoms with Crippen molar-refractivity contribution in [3.05, 3.63) is 59.1 Å². The van der Waals surface area contributed by atoms with E-state index in [0.717, 1.165) is 11.3 Å². The molecule has 1 heterocycles. The summed E-state index contributed by atoms with van der Waals surface area (Å²) in [5.41, 5.74) is 1.53. The molecule has 2 aromatic carbocycles. The Morgan fingerprint density at radius 1 is 1.05 bits per heavy atom. The van der Waals surface area contributed by atoms with Gasteiger partial charge in [0.2, 0.25) is 4.33 Å². The van der Waals surface area contributed by atoms with E-state index < -0.39 is 10.4 Å². The molecule has 0 aliphatic carbocycles.